The van der Waals surface area contributed by atoms with Crippen LogP contribution in [0.5, 0.6) is 0 Å². The van der Waals surface area contributed by atoms with Gasteiger partial charge in [-0.2, -0.15) is 0 Å². The van der Waals surface area contributed by atoms with Gasteiger partial charge in [-0.05, 0) is 32.5 Å². The standard InChI is InChI=1S/C10H19N5/c1-11-5-9-3-4-15(6-9)7-10-13-12-8-14(10)2/h8-9,11H,3-7H2,1-2H3. The van der Waals surface area contributed by atoms with E-state index in [9.17, 15) is 0 Å². The van der Waals surface area contributed by atoms with Gasteiger partial charge in [0.2, 0.25) is 0 Å². The maximum Gasteiger partial charge on any atom is 0.146 e. The first kappa shape index (κ1) is 10.6. The van der Waals surface area contributed by atoms with Crippen LogP contribution in [-0.2, 0) is 13.6 Å². The van der Waals surface area contributed by atoms with Crippen LogP contribution in [0.25, 0.3) is 0 Å². The molecule has 84 valence electrons. The van der Waals surface area contributed by atoms with Crippen LogP contribution in [0.2, 0.25) is 0 Å². The van der Waals surface area contributed by atoms with E-state index in [0.717, 1.165) is 24.8 Å². The number of nitrogens with zero attached hydrogens (tertiary/aromatic N) is 4. The lowest BCUT2D eigenvalue weighted by Crippen LogP contribution is -2.25. The van der Waals surface area contributed by atoms with Crippen molar-refractivity contribution >= 4 is 0 Å². The van der Waals surface area contributed by atoms with E-state index < -0.39 is 0 Å². The van der Waals surface area contributed by atoms with Crippen molar-refractivity contribution in [1.29, 1.82) is 0 Å². The lowest BCUT2D eigenvalue weighted by Gasteiger charge is -2.14. The van der Waals surface area contributed by atoms with E-state index >= 15 is 0 Å². The van der Waals surface area contributed by atoms with Crippen molar-refractivity contribution in [3.05, 3.63) is 12.2 Å². The molecular weight excluding hydrogens is 190 g/mol. The summed E-state index contributed by atoms with van der Waals surface area (Å²) in [5.74, 6) is 1.85. The molecule has 5 heteroatoms. The first-order valence-corrected chi connectivity index (χ1v) is 5.49. The van der Waals surface area contributed by atoms with Gasteiger partial charge in [-0.25, -0.2) is 0 Å². The van der Waals surface area contributed by atoms with Crippen molar-refractivity contribution in [2.45, 2.75) is 13.0 Å². The van der Waals surface area contributed by atoms with E-state index in [1.807, 2.05) is 18.7 Å². The molecule has 2 rings (SSSR count). The molecule has 1 aromatic heterocycles. The predicted molar refractivity (Wildman–Crippen MR) is 58.3 cm³/mol. The van der Waals surface area contributed by atoms with E-state index in [-0.39, 0.29) is 0 Å². The number of aromatic nitrogens is 3. The van der Waals surface area contributed by atoms with Gasteiger partial charge < -0.3 is 9.88 Å². The number of aryl methyl sites for hydroxylation is 1. The van der Waals surface area contributed by atoms with E-state index in [2.05, 4.69) is 20.4 Å². The number of hydrogen-bond acceptors (Lipinski definition) is 4. The third-order valence-electron chi connectivity index (χ3n) is 3.03. The summed E-state index contributed by atoms with van der Waals surface area (Å²) in [4.78, 5) is 2.45. The molecule has 1 saturated heterocycles. The van der Waals surface area contributed by atoms with Crippen LogP contribution in [0.4, 0.5) is 0 Å². The Kier molecular flexibility index (Phi) is 3.33. The van der Waals surface area contributed by atoms with Crippen LogP contribution in [0.1, 0.15) is 12.2 Å². The fourth-order valence-corrected chi connectivity index (χ4v) is 2.16. The Bertz CT molecular complexity index is 309. The van der Waals surface area contributed by atoms with Crippen molar-refractivity contribution in [3.8, 4) is 0 Å². The van der Waals surface area contributed by atoms with E-state index in [4.69, 9.17) is 0 Å². The molecule has 1 unspecified atom stereocenters. The lowest BCUT2D eigenvalue weighted by atomic mass is 10.1. The number of hydrogen-bond donors (Lipinski definition) is 1. The van der Waals surface area contributed by atoms with Crippen molar-refractivity contribution in [2.75, 3.05) is 26.7 Å². The Balaban J connectivity index is 1.85. The molecule has 15 heavy (non-hydrogen) atoms. The molecule has 0 saturated carbocycles. The van der Waals surface area contributed by atoms with Crippen molar-refractivity contribution in [2.24, 2.45) is 13.0 Å². The lowest BCUT2D eigenvalue weighted by molar-refractivity contribution is 0.304. The quantitative estimate of drug-likeness (QED) is 0.749. The molecule has 5 nitrogen and oxygen atoms in total. The third kappa shape index (κ3) is 2.54. The fraction of sp³-hybridized carbons (Fsp3) is 0.800. The molecular formula is C10H19N5. The second-order valence-electron chi connectivity index (χ2n) is 4.31. The molecule has 1 aliphatic heterocycles. The summed E-state index contributed by atoms with van der Waals surface area (Å²) < 4.78 is 1.99. The van der Waals surface area contributed by atoms with Crippen LogP contribution < -0.4 is 5.32 Å². The number of likely N-dealkylation sites (tertiary alicyclic amines) is 1. The van der Waals surface area contributed by atoms with E-state index in [1.54, 1.807) is 6.33 Å². The first-order valence-electron chi connectivity index (χ1n) is 5.49. The van der Waals surface area contributed by atoms with Crippen LogP contribution in [0, 0.1) is 5.92 Å². The fourth-order valence-electron chi connectivity index (χ4n) is 2.16. The minimum Gasteiger partial charge on any atom is -0.320 e. The molecule has 1 aromatic rings. The van der Waals surface area contributed by atoms with Gasteiger partial charge in [-0.1, -0.05) is 0 Å². The molecule has 0 aromatic carbocycles. The summed E-state index contributed by atoms with van der Waals surface area (Å²) in [6.45, 7) is 4.40. The SMILES string of the molecule is CNCC1CCN(Cc2nncn2C)C1. The Hall–Kier alpha value is -0.940. The monoisotopic (exact) mass is 209 g/mol. The summed E-state index contributed by atoms with van der Waals surface area (Å²) in [5.41, 5.74) is 0. The molecule has 0 amide bonds. The zero-order chi connectivity index (χ0) is 10.7. The number of nitrogens with one attached hydrogen (secondary N) is 1. The van der Waals surface area contributed by atoms with Crippen molar-refractivity contribution in [3.63, 3.8) is 0 Å². The Labute approximate surface area is 90.5 Å². The average molecular weight is 209 g/mol. The topological polar surface area (TPSA) is 46.0 Å². The highest BCUT2D eigenvalue weighted by Crippen LogP contribution is 2.16. The molecule has 1 fully saturated rings. The summed E-state index contributed by atoms with van der Waals surface area (Å²) in [6, 6.07) is 0. The third-order valence-corrected chi connectivity index (χ3v) is 3.03. The summed E-state index contributed by atoms with van der Waals surface area (Å²) in [6.07, 6.45) is 3.05. The zero-order valence-electron chi connectivity index (χ0n) is 9.48. The maximum absolute atomic E-state index is 4.11. The van der Waals surface area contributed by atoms with Gasteiger partial charge in [0.1, 0.15) is 12.2 Å². The second-order valence-corrected chi connectivity index (χ2v) is 4.31. The largest absolute Gasteiger partial charge is 0.320 e. The van der Waals surface area contributed by atoms with Gasteiger partial charge in [0.15, 0.2) is 0 Å². The molecule has 0 aliphatic carbocycles. The smallest absolute Gasteiger partial charge is 0.146 e. The summed E-state index contributed by atoms with van der Waals surface area (Å²) in [5, 5.41) is 11.2. The van der Waals surface area contributed by atoms with Crippen LogP contribution in [0.15, 0.2) is 6.33 Å². The van der Waals surface area contributed by atoms with E-state index in [0.29, 0.717) is 0 Å². The highest BCUT2D eigenvalue weighted by molar-refractivity contribution is 4.87. The number of rotatable bonds is 4. The molecule has 2 heterocycles. The Morgan fingerprint density at radius 3 is 3.13 bits per heavy atom. The van der Waals surface area contributed by atoms with Gasteiger partial charge in [0.25, 0.3) is 0 Å². The van der Waals surface area contributed by atoms with E-state index in [1.165, 1.54) is 19.5 Å². The first-order chi connectivity index (χ1) is 7.29. The van der Waals surface area contributed by atoms with Crippen molar-refractivity contribution < 1.29 is 0 Å². The second kappa shape index (κ2) is 4.72. The minimum atomic E-state index is 0.795. The highest BCUT2D eigenvalue weighted by Gasteiger charge is 2.22. The van der Waals surface area contributed by atoms with Gasteiger partial charge in [0.05, 0.1) is 6.54 Å². The molecule has 1 N–H and O–H groups in total. The molecule has 0 bridgehead atoms. The minimum absolute atomic E-state index is 0.795. The van der Waals surface area contributed by atoms with Gasteiger partial charge in [-0.3, -0.25) is 4.90 Å². The van der Waals surface area contributed by atoms with Gasteiger partial charge in [0, 0.05) is 13.6 Å². The maximum atomic E-state index is 4.11. The predicted octanol–water partition coefficient (Wildman–Crippen LogP) is -0.144. The van der Waals surface area contributed by atoms with Crippen LogP contribution in [-0.4, -0.2) is 46.3 Å². The Morgan fingerprint density at radius 1 is 1.60 bits per heavy atom. The van der Waals surface area contributed by atoms with Gasteiger partial charge >= 0.3 is 0 Å². The molecule has 0 spiro atoms. The molecule has 1 aliphatic rings. The summed E-state index contributed by atoms with van der Waals surface area (Å²) >= 11 is 0. The normalized spacial score (nSPS) is 22.4. The summed E-state index contributed by atoms with van der Waals surface area (Å²) in [7, 11) is 4.02. The van der Waals surface area contributed by atoms with Gasteiger partial charge in [-0.15, -0.1) is 10.2 Å². The van der Waals surface area contributed by atoms with Crippen molar-refractivity contribution in [1.82, 2.24) is 25.0 Å². The molecule has 1 atom stereocenters. The van der Waals surface area contributed by atoms with Crippen LogP contribution in [0.3, 0.4) is 0 Å². The van der Waals surface area contributed by atoms with Crippen LogP contribution >= 0.6 is 0 Å². The zero-order valence-corrected chi connectivity index (χ0v) is 9.48. The highest BCUT2D eigenvalue weighted by atomic mass is 15.3. The average Bonchev–Trinajstić information content (AvgIpc) is 2.79. The Morgan fingerprint density at radius 2 is 2.47 bits per heavy atom. The molecule has 0 radical (unpaired) electrons.